The van der Waals surface area contributed by atoms with Gasteiger partial charge in [-0.1, -0.05) is 0 Å². The van der Waals surface area contributed by atoms with Crippen molar-refractivity contribution < 1.29 is 14.2 Å². The van der Waals surface area contributed by atoms with E-state index in [0.717, 1.165) is 55.5 Å². The standard InChI is InChI=1S/C14H20N2O3/c1-17-12-9-14-13(18-6-7-19-14)8-11(12)10-16-4-2-15-3-5-16/h8-9,15H,2-7,10H2,1H3. The molecule has 0 amide bonds. The Bertz CT molecular complexity index is 445. The van der Waals surface area contributed by atoms with Crippen molar-refractivity contribution in [2.75, 3.05) is 46.5 Å². The van der Waals surface area contributed by atoms with Gasteiger partial charge in [0.1, 0.15) is 19.0 Å². The fourth-order valence-electron chi connectivity index (χ4n) is 2.54. The summed E-state index contributed by atoms with van der Waals surface area (Å²) in [6.07, 6.45) is 0. The minimum atomic E-state index is 0.604. The van der Waals surface area contributed by atoms with Crippen molar-refractivity contribution in [1.82, 2.24) is 10.2 Å². The number of nitrogens with one attached hydrogen (secondary N) is 1. The Labute approximate surface area is 113 Å². The molecule has 0 radical (unpaired) electrons. The second-order valence-electron chi connectivity index (χ2n) is 4.83. The van der Waals surface area contributed by atoms with Gasteiger partial charge in [0, 0.05) is 44.4 Å². The number of fused-ring (bicyclic) bond motifs is 1. The molecular formula is C14H20N2O3. The molecule has 5 heteroatoms. The molecule has 1 saturated heterocycles. The van der Waals surface area contributed by atoms with Crippen LogP contribution >= 0.6 is 0 Å². The first kappa shape index (κ1) is 12.6. The van der Waals surface area contributed by atoms with Gasteiger partial charge in [0.15, 0.2) is 11.5 Å². The number of benzene rings is 1. The van der Waals surface area contributed by atoms with E-state index in [2.05, 4.69) is 16.3 Å². The van der Waals surface area contributed by atoms with Gasteiger partial charge in [-0.25, -0.2) is 0 Å². The number of methoxy groups -OCH3 is 1. The van der Waals surface area contributed by atoms with Crippen LogP contribution in [-0.4, -0.2) is 51.4 Å². The first-order chi connectivity index (χ1) is 9.36. The summed E-state index contributed by atoms with van der Waals surface area (Å²) in [6, 6.07) is 3.99. The third-order valence-corrected chi connectivity index (χ3v) is 3.55. The molecule has 5 nitrogen and oxygen atoms in total. The highest BCUT2D eigenvalue weighted by atomic mass is 16.6. The van der Waals surface area contributed by atoms with Crippen LogP contribution in [0.3, 0.4) is 0 Å². The molecular weight excluding hydrogens is 244 g/mol. The fraction of sp³-hybridized carbons (Fsp3) is 0.571. The molecule has 1 aromatic carbocycles. The van der Waals surface area contributed by atoms with Crippen molar-refractivity contribution in [3.8, 4) is 17.2 Å². The van der Waals surface area contributed by atoms with Crippen LogP contribution in [0.15, 0.2) is 12.1 Å². The minimum absolute atomic E-state index is 0.604. The molecule has 0 atom stereocenters. The molecule has 2 heterocycles. The van der Waals surface area contributed by atoms with Gasteiger partial charge < -0.3 is 19.5 Å². The molecule has 0 bridgehead atoms. The average Bonchev–Trinajstić information content (AvgIpc) is 2.47. The maximum atomic E-state index is 5.64. The molecule has 19 heavy (non-hydrogen) atoms. The van der Waals surface area contributed by atoms with Crippen molar-refractivity contribution in [1.29, 1.82) is 0 Å². The van der Waals surface area contributed by atoms with E-state index >= 15 is 0 Å². The molecule has 0 aromatic heterocycles. The van der Waals surface area contributed by atoms with Gasteiger partial charge in [-0.05, 0) is 6.07 Å². The second kappa shape index (κ2) is 5.67. The smallest absolute Gasteiger partial charge is 0.165 e. The summed E-state index contributed by atoms with van der Waals surface area (Å²) < 4.78 is 16.7. The highest BCUT2D eigenvalue weighted by molar-refractivity contribution is 5.51. The van der Waals surface area contributed by atoms with E-state index in [1.807, 2.05) is 6.07 Å². The van der Waals surface area contributed by atoms with Crippen LogP contribution in [0.25, 0.3) is 0 Å². The van der Waals surface area contributed by atoms with Crippen molar-refractivity contribution >= 4 is 0 Å². The molecule has 0 saturated carbocycles. The second-order valence-corrected chi connectivity index (χ2v) is 4.83. The van der Waals surface area contributed by atoms with E-state index < -0.39 is 0 Å². The van der Waals surface area contributed by atoms with Gasteiger partial charge in [0.2, 0.25) is 0 Å². The highest BCUT2D eigenvalue weighted by Crippen LogP contribution is 2.37. The molecule has 2 aliphatic heterocycles. The summed E-state index contributed by atoms with van der Waals surface area (Å²) in [5, 5.41) is 3.36. The lowest BCUT2D eigenvalue weighted by Gasteiger charge is -2.28. The molecule has 1 aromatic rings. The van der Waals surface area contributed by atoms with Gasteiger partial charge in [0.05, 0.1) is 7.11 Å². The van der Waals surface area contributed by atoms with Gasteiger partial charge in [-0.3, -0.25) is 4.90 Å². The fourth-order valence-corrected chi connectivity index (χ4v) is 2.54. The lowest BCUT2D eigenvalue weighted by molar-refractivity contribution is 0.169. The lowest BCUT2D eigenvalue weighted by atomic mass is 10.1. The molecule has 1 fully saturated rings. The molecule has 0 spiro atoms. The van der Waals surface area contributed by atoms with Crippen molar-refractivity contribution in [2.24, 2.45) is 0 Å². The first-order valence-electron chi connectivity index (χ1n) is 6.76. The topological polar surface area (TPSA) is 43.0 Å². The van der Waals surface area contributed by atoms with Crippen LogP contribution in [0, 0.1) is 0 Å². The van der Waals surface area contributed by atoms with Crippen LogP contribution in [0.4, 0.5) is 0 Å². The Morgan fingerprint density at radius 2 is 1.84 bits per heavy atom. The van der Waals surface area contributed by atoms with E-state index in [0.29, 0.717) is 13.2 Å². The van der Waals surface area contributed by atoms with Crippen molar-refractivity contribution in [3.05, 3.63) is 17.7 Å². The van der Waals surface area contributed by atoms with E-state index in [1.165, 1.54) is 0 Å². The van der Waals surface area contributed by atoms with Gasteiger partial charge in [-0.2, -0.15) is 0 Å². The van der Waals surface area contributed by atoms with E-state index in [1.54, 1.807) is 7.11 Å². The Morgan fingerprint density at radius 1 is 1.16 bits per heavy atom. The first-order valence-corrected chi connectivity index (χ1v) is 6.76. The van der Waals surface area contributed by atoms with Crippen LogP contribution in [0.1, 0.15) is 5.56 Å². The zero-order valence-electron chi connectivity index (χ0n) is 11.3. The van der Waals surface area contributed by atoms with Crippen molar-refractivity contribution in [2.45, 2.75) is 6.54 Å². The van der Waals surface area contributed by atoms with Crippen LogP contribution < -0.4 is 19.5 Å². The molecule has 0 unspecified atom stereocenters. The van der Waals surface area contributed by atoms with Gasteiger partial charge in [-0.15, -0.1) is 0 Å². The SMILES string of the molecule is COc1cc2c(cc1CN1CCNCC1)OCCO2. The Morgan fingerprint density at radius 3 is 2.53 bits per heavy atom. The zero-order chi connectivity index (χ0) is 13.1. The third kappa shape index (κ3) is 2.77. The van der Waals surface area contributed by atoms with E-state index in [-0.39, 0.29) is 0 Å². The molecule has 0 aliphatic carbocycles. The zero-order valence-corrected chi connectivity index (χ0v) is 11.3. The number of hydrogen-bond acceptors (Lipinski definition) is 5. The Hall–Kier alpha value is -1.46. The normalized spacial score (nSPS) is 19.2. The van der Waals surface area contributed by atoms with E-state index in [9.17, 15) is 0 Å². The summed E-state index contributed by atoms with van der Waals surface area (Å²) in [7, 11) is 1.70. The Balaban J connectivity index is 1.82. The number of piperazine rings is 1. The average molecular weight is 264 g/mol. The predicted molar refractivity (Wildman–Crippen MR) is 72.1 cm³/mol. The number of nitrogens with zero attached hydrogens (tertiary/aromatic N) is 1. The van der Waals surface area contributed by atoms with Gasteiger partial charge >= 0.3 is 0 Å². The molecule has 2 aliphatic rings. The summed E-state index contributed by atoms with van der Waals surface area (Å²) >= 11 is 0. The molecule has 1 N–H and O–H groups in total. The maximum Gasteiger partial charge on any atom is 0.165 e. The third-order valence-electron chi connectivity index (χ3n) is 3.55. The summed E-state index contributed by atoms with van der Waals surface area (Å²) in [6.45, 7) is 6.34. The molecule has 3 rings (SSSR count). The predicted octanol–water partition coefficient (Wildman–Crippen LogP) is 0.872. The summed E-state index contributed by atoms with van der Waals surface area (Å²) in [5.41, 5.74) is 1.16. The maximum absolute atomic E-state index is 5.64. The summed E-state index contributed by atoms with van der Waals surface area (Å²) in [5.74, 6) is 2.49. The lowest BCUT2D eigenvalue weighted by Crippen LogP contribution is -2.42. The van der Waals surface area contributed by atoms with Crippen LogP contribution in [-0.2, 0) is 6.54 Å². The van der Waals surface area contributed by atoms with Crippen molar-refractivity contribution in [3.63, 3.8) is 0 Å². The van der Waals surface area contributed by atoms with Crippen LogP contribution in [0.5, 0.6) is 17.2 Å². The number of ether oxygens (including phenoxy) is 3. The van der Waals surface area contributed by atoms with Gasteiger partial charge in [0.25, 0.3) is 0 Å². The highest BCUT2D eigenvalue weighted by Gasteiger charge is 2.18. The summed E-state index contributed by atoms with van der Waals surface area (Å²) in [4.78, 5) is 2.42. The minimum Gasteiger partial charge on any atom is -0.496 e. The monoisotopic (exact) mass is 264 g/mol. The largest absolute Gasteiger partial charge is 0.496 e. The molecule has 104 valence electrons. The van der Waals surface area contributed by atoms with Crippen LogP contribution in [0.2, 0.25) is 0 Å². The van der Waals surface area contributed by atoms with E-state index in [4.69, 9.17) is 14.2 Å². The quantitative estimate of drug-likeness (QED) is 0.877. The number of hydrogen-bond donors (Lipinski definition) is 1. The Kier molecular flexibility index (Phi) is 3.75. The number of rotatable bonds is 3.